The lowest BCUT2D eigenvalue weighted by molar-refractivity contribution is 0.376. The van der Waals surface area contributed by atoms with Crippen LogP contribution in [-0.4, -0.2) is 29.9 Å². The van der Waals surface area contributed by atoms with E-state index in [2.05, 4.69) is 25.2 Å². The summed E-state index contributed by atoms with van der Waals surface area (Å²) < 4.78 is 6.89. The van der Waals surface area contributed by atoms with E-state index in [1.165, 1.54) is 6.33 Å². The Morgan fingerprint density at radius 2 is 2.21 bits per heavy atom. The first-order valence-corrected chi connectivity index (χ1v) is 6.62. The normalized spacial score (nSPS) is 13.0. The molecule has 0 aliphatic carbocycles. The SMILES string of the molecule is Cc1noc(C(C)Sc2ncnc3c2cnn3C)n1. The van der Waals surface area contributed by atoms with Crippen molar-refractivity contribution in [2.24, 2.45) is 7.05 Å². The molecule has 8 heteroatoms. The molecule has 98 valence electrons. The Labute approximate surface area is 113 Å². The summed E-state index contributed by atoms with van der Waals surface area (Å²) in [5, 5.41) is 9.81. The highest BCUT2D eigenvalue weighted by atomic mass is 32.2. The Hall–Kier alpha value is -1.96. The first-order chi connectivity index (χ1) is 9.15. The highest BCUT2D eigenvalue weighted by molar-refractivity contribution is 7.99. The maximum atomic E-state index is 5.17. The topological polar surface area (TPSA) is 82.5 Å². The van der Waals surface area contributed by atoms with E-state index in [9.17, 15) is 0 Å². The third-order valence-electron chi connectivity index (χ3n) is 2.67. The lowest BCUT2D eigenvalue weighted by atomic mass is 10.4. The van der Waals surface area contributed by atoms with Gasteiger partial charge in [0, 0.05) is 7.05 Å². The molecule has 1 atom stereocenters. The molecular weight excluding hydrogens is 264 g/mol. The summed E-state index contributed by atoms with van der Waals surface area (Å²) in [4.78, 5) is 12.7. The second-order valence-corrected chi connectivity index (χ2v) is 5.45. The molecule has 0 fully saturated rings. The van der Waals surface area contributed by atoms with Crippen molar-refractivity contribution >= 4 is 22.8 Å². The average molecular weight is 276 g/mol. The van der Waals surface area contributed by atoms with Crippen LogP contribution in [0.4, 0.5) is 0 Å². The molecule has 0 N–H and O–H groups in total. The molecule has 3 rings (SSSR count). The van der Waals surface area contributed by atoms with Gasteiger partial charge in [0.15, 0.2) is 11.5 Å². The van der Waals surface area contributed by atoms with Crippen LogP contribution in [0, 0.1) is 6.92 Å². The highest BCUT2D eigenvalue weighted by Gasteiger charge is 2.17. The molecule has 3 heterocycles. The molecule has 7 nitrogen and oxygen atoms in total. The molecule has 0 spiro atoms. The summed E-state index contributed by atoms with van der Waals surface area (Å²) in [6.07, 6.45) is 3.31. The number of nitrogens with zero attached hydrogens (tertiary/aromatic N) is 6. The van der Waals surface area contributed by atoms with Gasteiger partial charge < -0.3 is 4.52 Å². The first kappa shape index (κ1) is 12.1. The minimum atomic E-state index is 0.0273. The van der Waals surface area contributed by atoms with Crippen molar-refractivity contribution < 1.29 is 4.52 Å². The quantitative estimate of drug-likeness (QED) is 0.533. The second kappa shape index (κ2) is 4.61. The molecule has 3 aromatic heterocycles. The number of aromatic nitrogens is 6. The van der Waals surface area contributed by atoms with Gasteiger partial charge >= 0.3 is 0 Å². The van der Waals surface area contributed by atoms with Gasteiger partial charge in [-0.05, 0) is 13.8 Å². The van der Waals surface area contributed by atoms with E-state index >= 15 is 0 Å². The fourth-order valence-electron chi connectivity index (χ4n) is 1.73. The van der Waals surface area contributed by atoms with Gasteiger partial charge in [0.2, 0.25) is 5.89 Å². The zero-order chi connectivity index (χ0) is 13.4. The van der Waals surface area contributed by atoms with E-state index < -0.39 is 0 Å². The summed E-state index contributed by atoms with van der Waals surface area (Å²) in [6.45, 7) is 3.80. The van der Waals surface area contributed by atoms with Crippen molar-refractivity contribution in [3.05, 3.63) is 24.2 Å². The average Bonchev–Trinajstić information content (AvgIpc) is 2.98. The van der Waals surface area contributed by atoms with Crippen LogP contribution >= 0.6 is 11.8 Å². The van der Waals surface area contributed by atoms with Crippen LogP contribution < -0.4 is 0 Å². The Morgan fingerprint density at radius 1 is 1.37 bits per heavy atom. The van der Waals surface area contributed by atoms with E-state index in [1.54, 1.807) is 29.6 Å². The van der Waals surface area contributed by atoms with Gasteiger partial charge in [-0.2, -0.15) is 10.1 Å². The van der Waals surface area contributed by atoms with E-state index in [1.807, 2.05) is 14.0 Å². The summed E-state index contributed by atoms with van der Waals surface area (Å²) in [5.41, 5.74) is 0.811. The van der Waals surface area contributed by atoms with Crippen LogP contribution in [0.15, 0.2) is 22.1 Å². The number of aryl methyl sites for hydroxylation is 2. The van der Waals surface area contributed by atoms with Gasteiger partial charge in [0.05, 0.1) is 16.8 Å². The van der Waals surface area contributed by atoms with E-state index in [0.29, 0.717) is 11.7 Å². The number of fused-ring (bicyclic) bond motifs is 1. The highest BCUT2D eigenvalue weighted by Crippen LogP contribution is 2.35. The van der Waals surface area contributed by atoms with E-state index in [0.717, 1.165) is 16.1 Å². The smallest absolute Gasteiger partial charge is 0.239 e. The molecule has 0 aliphatic rings. The molecule has 0 saturated heterocycles. The Morgan fingerprint density at radius 3 is 2.95 bits per heavy atom. The monoisotopic (exact) mass is 276 g/mol. The summed E-state index contributed by atoms with van der Waals surface area (Å²) >= 11 is 1.55. The van der Waals surface area contributed by atoms with Gasteiger partial charge in [-0.3, -0.25) is 4.68 Å². The van der Waals surface area contributed by atoms with Gasteiger partial charge in [-0.15, -0.1) is 0 Å². The molecule has 0 aliphatic heterocycles. The molecule has 0 radical (unpaired) electrons. The fraction of sp³-hybridized carbons (Fsp3) is 0.364. The molecule has 3 aromatic rings. The van der Waals surface area contributed by atoms with Gasteiger partial charge in [0.25, 0.3) is 0 Å². The van der Waals surface area contributed by atoms with Crippen molar-refractivity contribution in [3.63, 3.8) is 0 Å². The molecule has 1 unspecified atom stereocenters. The predicted molar refractivity (Wildman–Crippen MR) is 69.6 cm³/mol. The maximum Gasteiger partial charge on any atom is 0.239 e. The third-order valence-corrected chi connectivity index (χ3v) is 3.78. The molecule has 0 bridgehead atoms. The standard InChI is InChI=1S/C11H12N6OS/c1-6(10-15-7(2)16-18-10)19-11-8-4-14-17(3)9(8)12-5-13-11/h4-6H,1-3H3. The molecule has 0 saturated carbocycles. The fourth-order valence-corrected chi connectivity index (χ4v) is 2.64. The molecule has 0 aromatic carbocycles. The summed E-state index contributed by atoms with van der Waals surface area (Å²) in [5.74, 6) is 1.23. The number of rotatable bonds is 3. The number of hydrogen-bond donors (Lipinski definition) is 0. The zero-order valence-electron chi connectivity index (χ0n) is 10.7. The van der Waals surface area contributed by atoms with Crippen molar-refractivity contribution in [3.8, 4) is 0 Å². The minimum Gasteiger partial charge on any atom is -0.338 e. The second-order valence-electron chi connectivity index (χ2n) is 4.12. The number of hydrogen-bond acceptors (Lipinski definition) is 7. The van der Waals surface area contributed by atoms with Crippen LogP contribution in [0.1, 0.15) is 23.9 Å². The lowest BCUT2D eigenvalue weighted by Crippen LogP contribution is -1.94. The van der Waals surface area contributed by atoms with Crippen molar-refractivity contribution in [2.75, 3.05) is 0 Å². The third kappa shape index (κ3) is 2.19. The van der Waals surface area contributed by atoms with Gasteiger partial charge in [-0.1, -0.05) is 16.9 Å². The predicted octanol–water partition coefficient (Wildman–Crippen LogP) is 1.91. The van der Waals surface area contributed by atoms with Crippen molar-refractivity contribution in [1.82, 2.24) is 29.9 Å². The molecular formula is C11H12N6OS. The Kier molecular flexibility index (Phi) is 2.94. The Balaban J connectivity index is 1.93. The number of thioether (sulfide) groups is 1. The van der Waals surface area contributed by atoms with E-state index in [-0.39, 0.29) is 5.25 Å². The van der Waals surface area contributed by atoms with Crippen LogP contribution in [0.25, 0.3) is 11.0 Å². The van der Waals surface area contributed by atoms with Crippen LogP contribution in [0.3, 0.4) is 0 Å². The molecule has 19 heavy (non-hydrogen) atoms. The minimum absolute atomic E-state index is 0.0273. The Bertz CT molecular complexity index is 721. The zero-order valence-corrected chi connectivity index (χ0v) is 11.5. The summed E-state index contributed by atoms with van der Waals surface area (Å²) in [6, 6.07) is 0. The first-order valence-electron chi connectivity index (χ1n) is 5.74. The maximum absolute atomic E-state index is 5.17. The van der Waals surface area contributed by atoms with Crippen LogP contribution in [-0.2, 0) is 7.05 Å². The van der Waals surface area contributed by atoms with Gasteiger partial charge in [0.1, 0.15) is 11.4 Å². The lowest BCUT2D eigenvalue weighted by Gasteiger charge is -2.05. The largest absolute Gasteiger partial charge is 0.338 e. The van der Waals surface area contributed by atoms with Crippen LogP contribution in [0.5, 0.6) is 0 Å². The summed E-state index contributed by atoms with van der Waals surface area (Å²) in [7, 11) is 1.86. The van der Waals surface area contributed by atoms with Gasteiger partial charge in [-0.25, -0.2) is 9.97 Å². The van der Waals surface area contributed by atoms with Crippen LogP contribution in [0.2, 0.25) is 0 Å². The van der Waals surface area contributed by atoms with Crippen molar-refractivity contribution in [2.45, 2.75) is 24.1 Å². The van der Waals surface area contributed by atoms with E-state index in [4.69, 9.17) is 4.52 Å². The molecule has 0 amide bonds. The van der Waals surface area contributed by atoms with Crippen molar-refractivity contribution in [1.29, 1.82) is 0 Å².